The summed E-state index contributed by atoms with van der Waals surface area (Å²) in [5, 5.41) is 13.3. The highest BCUT2D eigenvalue weighted by atomic mass is 31.2. The number of H-pyrrole nitrogens is 7. The zero-order chi connectivity index (χ0) is 108. The molecule has 0 amide bonds. The maximum Gasteiger partial charge on any atom is 0.472 e. The molecule has 0 spiro atoms. The van der Waals surface area contributed by atoms with Gasteiger partial charge in [-0.2, -0.15) is 0 Å². The third-order valence-electron chi connectivity index (χ3n) is 24.4. The van der Waals surface area contributed by atoms with Crippen LogP contribution in [-0.2, 0) is 124 Å². The molecule has 0 bridgehead atoms. The van der Waals surface area contributed by atoms with Crippen LogP contribution in [0.5, 0.6) is 0 Å². The minimum atomic E-state index is -5.82. The quantitative estimate of drug-likeness (QED) is 0.0140. The van der Waals surface area contributed by atoms with Crippen molar-refractivity contribution in [1.29, 1.82) is 0 Å². The Balaban J connectivity index is 0.661. The number of hydrogen-bond acceptors (Lipinski definition) is 43. The number of phosphoric acid groups is 6. The lowest BCUT2D eigenvalue weighted by atomic mass is 10.2. The van der Waals surface area contributed by atoms with Gasteiger partial charge in [-0.25, -0.2) is 70.6 Å². The number of nitrogens with one attached hydrogen (secondary N) is 8. The number of nitrogens with zero attached hydrogens (tertiary/aromatic N) is 7. The molecule has 820 valence electrons. The summed E-state index contributed by atoms with van der Waals surface area (Å²) in [5.41, 5.74) is -8.21. The predicted octanol–water partition coefficient (Wildman–Crippen LogP) is -2.39. The molecule has 14 heterocycles. The van der Waals surface area contributed by atoms with E-state index in [4.69, 9.17) is 97.7 Å². The molecule has 7 saturated heterocycles. The third kappa shape index (κ3) is 29.0. The van der Waals surface area contributed by atoms with E-state index in [2.05, 4.69) is 15.1 Å². The predicted molar refractivity (Wildman–Crippen MR) is 493 cm³/mol. The number of aryl methyl sites for hydroxylation is 7. The first kappa shape index (κ1) is 115. The molecule has 28 atom stereocenters. The largest absolute Gasteiger partial charge is 0.472 e. The summed E-state index contributed by atoms with van der Waals surface area (Å²) in [4.78, 5) is 274. The van der Waals surface area contributed by atoms with Crippen molar-refractivity contribution in [2.75, 3.05) is 59.3 Å². The fourth-order valence-corrected chi connectivity index (χ4v) is 23.3. The number of aromatic amines is 7. The SMILES string of the molecule is Cc1cn([C@H]2C[C@H](OP(=O)(O)OC[C@H]3O[C@@H](n4cc(C)c(=O)[nH]c4=O)C[C@@H]3OP(=O)(O)OC[C@H]3O[C@@H](n4cc(C)c(=O)[nH]c4=O)C[C@@H]3OP(=O)(O)OC[C@H]3O[C@@H](n4cc(C)c(=O)[nH]c4=O)C[C@@H]3OP(=O)(O)OC[C@H]3O[C@@H](n4cc(C)c(=O)[nH]c4=O)C[C@@H]3OP(=O)(O)OC[C@H]3O[C@@H](n4cc(C)c(=O)[nH]c4=O)C[C@@H]3OP(=O)(O)OC[C@H]3O[C@@H](n4cc(C)c(=O)[nH]c4=O)C[C@@H]3O)[C@@H](COP(=O)(O)NCCCCCCN)O2)c(=O)[nH]c1=O. The van der Waals surface area contributed by atoms with Gasteiger partial charge in [-0.3, -0.25) is 159 Å². The van der Waals surface area contributed by atoms with Crippen LogP contribution in [0.2, 0.25) is 0 Å². The Morgan fingerprint density at radius 2 is 0.459 bits per heavy atom. The van der Waals surface area contributed by atoms with Gasteiger partial charge in [0, 0.05) is 134 Å². The first-order valence-electron chi connectivity index (χ1n) is 45.2. The van der Waals surface area contributed by atoms with Crippen molar-refractivity contribution in [2.45, 2.75) is 248 Å². The van der Waals surface area contributed by atoms with E-state index in [1.165, 1.54) is 48.5 Å². The van der Waals surface area contributed by atoms with Gasteiger partial charge in [-0.1, -0.05) is 12.8 Å². The second-order valence-corrected chi connectivity index (χ2v) is 45.4. The van der Waals surface area contributed by atoms with Gasteiger partial charge in [0.1, 0.15) is 123 Å². The normalized spacial score (nSPS) is 29.1. The van der Waals surface area contributed by atoms with Crippen LogP contribution in [0.1, 0.15) is 153 Å². The van der Waals surface area contributed by atoms with Crippen molar-refractivity contribution in [2.24, 2.45) is 5.73 Å². The summed E-state index contributed by atoms with van der Waals surface area (Å²) < 4.78 is 218. The molecule has 72 heteroatoms. The number of aliphatic hydroxyl groups excluding tert-OH is 1. The summed E-state index contributed by atoms with van der Waals surface area (Å²) >= 11 is 0. The fourth-order valence-electron chi connectivity index (χ4n) is 16.7. The van der Waals surface area contributed by atoms with Crippen LogP contribution >= 0.6 is 54.7 Å². The summed E-state index contributed by atoms with van der Waals surface area (Å²) in [6.45, 7) is 1.59. The van der Waals surface area contributed by atoms with E-state index >= 15 is 0 Å². The Kier molecular flexibility index (Phi) is 36.4. The number of nitrogens with two attached hydrogens (primary N) is 1. The highest BCUT2D eigenvalue weighted by molar-refractivity contribution is 7.50. The lowest BCUT2D eigenvalue weighted by molar-refractivity contribution is -0.0661. The topological polar surface area (TPSA) is 888 Å². The molecule has 7 aliphatic heterocycles. The van der Waals surface area contributed by atoms with E-state index in [0.29, 0.717) is 25.8 Å². The summed E-state index contributed by atoms with van der Waals surface area (Å²) in [6, 6.07) is 0. The fraction of sp³-hybridized carbons (Fsp3) is 0.632. The molecule has 7 unspecified atom stereocenters. The van der Waals surface area contributed by atoms with E-state index < -0.39 is 347 Å². The smallest absolute Gasteiger partial charge is 0.390 e. The number of unbranched alkanes of at least 4 members (excludes halogenated alkanes) is 3. The molecule has 0 radical (unpaired) electrons. The molecule has 0 saturated carbocycles. The van der Waals surface area contributed by atoms with Crippen LogP contribution in [-0.4, -0.2) is 251 Å². The molecule has 7 aliphatic rings. The molecule has 7 aromatic rings. The number of rotatable bonds is 47. The van der Waals surface area contributed by atoms with Gasteiger partial charge in [0.2, 0.25) is 0 Å². The van der Waals surface area contributed by atoms with Gasteiger partial charge in [-0.15, -0.1) is 0 Å². The van der Waals surface area contributed by atoms with Gasteiger partial charge in [0.25, 0.3) is 38.9 Å². The van der Waals surface area contributed by atoms with Crippen molar-refractivity contribution >= 4 is 54.7 Å². The number of phosphoric ester groups is 6. The summed E-state index contributed by atoms with van der Waals surface area (Å²) in [7, 11) is -38.8. The number of aliphatic hydroxyl groups is 1. The van der Waals surface area contributed by atoms with E-state index in [-0.39, 0.29) is 51.9 Å². The number of hydrogen-bond donors (Lipinski definition) is 17. The first-order valence-corrected chi connectivity index (χ1v) is 55.8. The second kappa shape index (κ2) is 47.0. The van der Waals surface area contributed by atoms with E-state index in [0.717, 1.165) is 81.8 Å². The van der Waals surface area contributed by atoms with Crippen LogP contribution in [0.4, 0.5) is 0 Å². The Bertz CT molecular complexity index is 7240. The molecular formula is C76H107N16O49P7. The van der Waals surface area contributed by atoms with Gasteiger partial charge in [0.05, 0.1) is 52.4 Å². The zero-order valence-corrected chi connectivity index (χ0v) is 85.2. The van der Waals surface area contributed by atoms with E-state index in [1.54, 1.807) is 0 Å². The van der Waals surface area contributed by atoms with Crippen molar-refractivity contribution < 1.29 is 163 Å². The Morgan fingerprint density at radius 1 is 0.284 bits per heavy atom. The maximum absolute atomic E-state index is 14.6. The zero-order valence-electron chi connectivity index (χ0n) is 79.0. The third-order valence-corrected chi connectivity index (χ3v) is 31.6. The van der Waals surface area contributed by atoms with E-state index in [1.807, 2.05) is 24.9 Å². The molecule has 18 N–H and O–H groups in total. The van der Waals surface area contributed by atoms with Gasteiger partial charge < -0.3 is 78.3 Å². The molecule has 148 heavy (non-hydrogen) atoms. The molecule has 7 aromatic heterocycles. The molecule has 14 rings (SSSR count). The minimum absolute atomic E-state index is 0.00407. The molecule has 0 aliphatic carbocycles. The summed E-state index contributed by atoms with van der Waals surface area (Å²) in [5.74, 6) is 0. The van der Waals surface area contributed by atoms with Crippen molar-refractivity contribution in [3.8, 4) is 0 Å². The number of aromatic nitrogens is 14. The molecule has 0 aromatic carbocycles. The van der Waals surface area contributed by atoms with Crippen LogP contribution < -0.4 is 89.6 Å². The van der Waals surface area contributed by atoms with E-state index in [9.17, 15) is 138 Å². The molecule has 7 fully saturated rings. The molecular weight excluding hydrogens is 2140 g/mol. The Labute approximate surface area is 827 Å². The van der Waals surface area contributed by atoms with Crippen LogP contribution in [0.3, 0.4) is 0 Å². The van der Waals surface area contributed by atoms with Crippen LogP contribution in [0.25, 0.3) is 0 Å². The van der Waals surface area contributed by atoms with Gasteiger partial charge in [-0.05, 0) is 67.9 Å². The standard InChI is InChI=1S/C76H107N16O49P7/c1-35-21-86(70(101)79-63(35)94)56-14-42(93)49(129-56)28-123-143(110,111)137-44-16-58(88-23-37(3)65(96)81-72(88)103)131-51(44)30-125-145(114,115)139-46-18-60(90-25-39(5)67(98)83-74(90)105)133-53(46)32-127-147(118,119)141-48-20-62(92-27-41(7)69(100)85-76(92)107)135-55(48)34-128-148(120,121)140-47-19-61(91-26-40(6)68(99)84-75(91)106)134-54(47)33-126-146(116,117)138-45-17-59(89-24-38(4)66(97)82-73(89)104)132-52(45)31-124-144(112,113)136-43-15-57(87-22-36(2)64(95)80-71(87)102)130-50(43)29-122-142(108,109)78-13-11-9-8-10-12-77/h21-27,42-62,93H,8-20,28-34,77H2,1-7H3,(H,110,111)(H,112,113)(H,114,115)(H,116,117)(H,118,119)(H,120,121)(H2,78,108,109)(H,79,94,101)(H,80,95,102)(H,81,96,103)(H,82,97,104)(H,83,98,105)(H,84,99,106)(H,85,100,107)/t42-,43-,44-,45-,46-,47-,48-,49+,50+,51+,52+,53+,54+,55+,56+,57+,58+,59+,60+,61+,62+/m0/s1. The van der Waals surface area contributed by atoms with Crippen molar-refractivity contribution in [1.82, 2.24) is 71.9 Å². The van der Waals surface area contributed by atoms with Crippen LogP contribution in [0, 0.1) is 48.5 Å². The van der Waals surface area contributed by atoms with Gasteiger partial charge in [0.15, 0.2) is 0 Å². The lowest BCUT2D eigenvalue weighted by Gasteiger charge is -2.26. The number of ether oxygens (including phenoxy) is 7. The Hall–Kier alpha value is -8.83. The monoisotopic (exact) mass is 2240 g/mol. The maximum atomic E-state index is 14.6. The highest BCUT2D eigenvalue weighted by Crippen LogP contribution is 2.58. The van der Waals surface area contributed by atoms with Crippen molar-refractivity contribution in [3.05, 3.63) is 228 Å². The van der Waals surface area contributed by atoms with Gasteiger partial charge >= 0.3 is 94.5 Å². The lowest BCUT2D eigenvalue weighted by Crippen LogP contribution is -2.33. The first-order chi connectivity index (χ1) is 69.4. The summed E-state index contributed by atoms with van der Waals surface area (Å²) in [6.07, 6.45) is -30.4. The highest BCUT2D eigenvalue weighted by Gasteiger charge is 2.53. The van der Waals surface area contributed by atoms with Crippen molar-refractivity contribution in [3.63, 3.8) is 0 Å². The average Bonchev–Trinajstić information content (AvgIpc) is 1.65. The average molecular weight is 2250 g/mol. The minimum Gasteiger partial charge on any atom is -0.390 e. The molecule has 65 nitrogen and oxygen atoms in total. The second-order valence-electron chi connectivity index (χ2n) is 35.3. The van der Waals surface area contributed by atoms with Crippen LogP contribution in [0.15, 0.2) is 111 Å². The Morgan fingerprint density at radius 3 is 0.662 bits per heavy atom.